The Bertz CT molecular complexity index is 230. The molecule has 0 aromatic rings. The predicted molar refractivity (Wildman–Crippen MR) is 57.0 cm³/mol. The van der Waals surface area contributed by atoms with Crippen molar-refractivity contribution in [1.29, 1.82) is 0 Å². The number of unbranched alkanes of at least 4 members (excludes halogenated alkanes) is 1. The average Bonchev–Trinajstić information content (AvgIpc) is 2.71. The van der Waals surface area contributed by atoms with Gasteiger partial charge >= 0.3 is 0 Å². The summed E-state index contributed by atoms with van der Waals surface area (Å²) in [5.41, 5.74) is 1.07. The SMILES string of the molecule is CCCCOC[C@H]1C[C@H]2CON=C2CO1. The minimum absolute atomic E-state index is 0.229. The van der Waals surface area contributed by atoms with E-state index >= 15 is 0 Å². The molecule has 4 nitrogen and oxygen atoms in total. The quantitative estimate of drug-likeness (QED) is 0.651. The van der Waals surface area contributed by atoms with Crippen LogP contribution in [-0.4, -0.2) is 38.2 Å². The molecule has 1 saturated heterocycles. The van der Waals surface area contributed by atoms with Gasteiger partial charge in [-0.1, -0.05) is 18.5 Å². The van der Waals surface area contributed by atoms with Crippen LogP contribution in [0, 0.1) is 5.92 Å². The first kappa shape index (κ1) is 10.9. The average molecular weight is 213 g/mol. The van der Waals surface area contributed by atoms with Gasteiger partial charge in [0.05, 0.1) is 25.0 Å². The van der Waals surface area contributed by atoms with E-state index in [-0.39, 0.29) is 6.10 Å². The lowest BCUT2D eigenvalue weighted by Crippen LogP contribution is -2.35. The van der Waals surface area contributed by atoms with E-state index in [0.29, 0.717) is 19.1 Å². The molecule has 0 saturated carbocycles. The van der Waals surface area contributed by atoms with Gasteiger partial charge in [-0.25, -0.2) is 0 Å². The highest BCUT2D eigenvalue weighted by Crippen LogP contribution is 2.23. The standard InChI is InChI=1S/C11H19NO3/c1-2-3-4-13-7-10-5-9-6-15-12-11(9)8-14-10/h9-10H,2-8H2,1H3/t9-,10+/m0/s1. The largest absolute Gasteiger partial charge is 0.395 e. The second-order valence-corrected chi connectivity index (χ2v) is 4.17. The smallest absolute Gasteiger partial charge is 0.125 e. The third-order valence-corrected chi connectivity index (χ3v) is 2.89. The fraction of sp³-hybridized carbons (Fsp3) is 0.909. The van der Waals surface area contributed by atoms with Gasteiger partial charge in [0.25, 0.3) is 0 Å². The summed E-state index contributed by atoms with van der Waals surface area (Å²) in [5, 5.41) is 3.95. The molecule has 0 aromatic carbocycles. The molecule has 2 aliphatic heterocycles. The maximum Gasteiger partial charge on any atom is 0.125 e. The van der Waals surface area contributed by atoms with Crippen molar-refractivity contribution in [2.45, 2.75) is 32.3 Å². The molecule has 0 aliphatic carbocycles. The molecule has 2 aliphatic rings. The van der Waals surface area contributed by atoms with Crippen LogP contribution >= 0.6 is 0 Å². The molecule has 0 aromatic heterocycles. The fourth-order valence-corrected chi connectivity index (χ4v) is 1.90. The lowest BCUT2D eigenvalue weighted by molar-refractivity contribution is -0.0229. The van der Waals surface area contributed by atoms with E-state index in [0.717, 1.165) is 31.8 Å². The highest BCUT2D eigenvalue weighted by Gasteiger charge is 2.32. The molecule has 0 bridgehead atoms. The monoisotopic (exact) mass is 213 g/mol. The van der Waals surface area contributed by atoms with Crippen molar-refractivity contribution in [3.63, 3.8) is 0 Å². The number of fused-ring (bicyclic) bond motifs is 1. The van der Waals surface area contributed by atoms with Crippen LogP contribution in [0.2, 0.25) is 0 Å². The van der Waals surface area contributed by atoms with Crippen LogP contribution in [0.1, 0.15) is 26.2 Å². The van der Waals surface area contributed by atoms with Crippen LogP contribution in [0.25, 0.3) is 0 Å². The Morgan fingerprint density at radius 1 is 1.53 bits per heavy atom. The lowest BCUT2D eigenvalue weighted by Gasteiger charge is -2.26. The fourth-order valence-electron chi connectivity index (χ4n) is 1.90. The van der Waals surface area contributed by atoms with Gasteiger partial charge in [0.15, 0.2) is 0 Å². The molecule has 2 rings (SSSR count). The molecule has 15 heavy (non-hydrogen) atoms. The van der Waals surface area contributed by atoms with E-state index in [1.807, 2.05) is 0 Å². The Balaban J connectivity index is 1.65. The molecular weight excluding hydrogens is 194 g/mol. The van der Waals surface area contributed by atoms with Crippen molar-refractivity contribution in [3.8, 4) is 0 Å². The zero-order valence-electron chi connectivity index (χ0n) is 9.28. The molecule has 0 spiro atoms. The Labute approximate surface area is 90.6 Å². The van der Waals surface area contributed by atoms with Gasteiger partial charge in [-0.15, -0.1) is 0 Å². The summed E-state index contributed by atoms with van der Waals surface area (Å²) in [6.07, 6.45) is 3.53. The van der Waals surface area contributed by atoms with Crippen molar-refractivity contribution >= 4 is 5.71 Å². The summed E-state index contributed by atoms with van der Waals surface area (Å²) in [6.45, 7) is 5.07. The molecule has 1 fully saturated rings. The Hall–Kier alpha value is -0.610. The topological polar surface area (TPSA) is 40.0 Å². The molecule has 86 valence electrons. The summed E-state index contributed by atoms with van der Waals surface area (Å²) in [4.78, 5) is 5.05. The molecule has 4 heteroatoms. The number of hydrogen-bond acceptors (Lipinski definition) is 4. The van der Waals surface area contributed by atoms with E-state index in [1.54, 1.807) is 0 Å². The number of nitrogens with zero attached hydrogens (tertiary/aromatic N) is 1. The molecule has 2 atom stereocenters. The summed E-state index contributed by atoms with van der Waals surface area (Å²) < 4.78 is 11.2. The van der Waals surface area contributed by atoms with Gasteiger partial charge in [0, 0.05) is 12.5 Å². The van der Waals surface area contributed by atoms with Gasteiger partial charge in [-0.05, 0) is 12.8 Å². The molecule has 0 N–H and O–H groups in total. The summed E-state index contributed by atoms with van der Waals surface area (Å²) in [5.74, 6) is 0.471. The van der Waals surface area contributed by atoms with Crippen LogP contribution in [0.5, 0.6) is 0 Å². The Morgan fingerprint density at radius 2 is 2.47 bits per heavy atom. The molecule has 0 unspecified atom stereocenters. The van der Waals surface area contributed by atoms with E-state index in [1.165, 1.54) is 6.42 Å². The van der Waals surface area contributed by atoms with Crippen molar-refractivity contribution in [2.75, 3.05) is 26.4 Å². The van der Waals surface area contributed by atoms with E-state index in [2.05, 4.69) is 12.1 Å². The molecular formula is C11H19NO3. The van der Waals surface area contributed by atoms with Crippen LogP contribution in [0.15, 0.2) is 5.16 Å². The van der Waals surface area contributed by atoms with E-state index in [9.17, 15) is 0 Å². The number of ether oxygens (including phenoxy) is 2. The van der Waals surface area contributed by atoms with Gasteiger partial charge in [0.1, 0.15) is 6.61 Å². The Kier molecular flexibility index (Phi) is 3.97. The van der Waals surface area contributed by atoms with E-state index < -0.39 is 0 Å². The third-order valence-electron chi connectivity index (χ3n) is 2.89. The number of oxime groups is 1. The first-order valence-electron chi connectivity index (χ1n) is 5.78. The zero-order valence-corrected chi connectivity index (χ0v) is 9.28. The predicted octanol–water partition coefficient (Wildman–Crippen LogP) is 1.59. The van der Waals surface area contributed by atoms with Crippen molar-refractivity contribution in [3.05, 3.63) is 0 Å². The van der Waals surface area contributed by atoms with Crippen LogP contribution in [0.3, 0.4) is 0 Å². The van der Waals surface area contributed by atoms with Gasteiger partial charge in [-0.2, -0.15) is 0 Å². The number of rotatable bonds is 5. The first-order chi connectivity index (χ1) is 7.40. The van der Waals surface area contributed by atoms with Crippen molar-refractivity contribution in [2.24, 2.45) is 11.1 Å². The maximum absolute atomic E-state index is 5.64. The Morgan fingerprint density at radius 3 is 3.33 bits per heavy atom. The third kappa shape index (κ3) is 2.92. The summed E-state index contributed by atoms with van der Waals surface area (Å²) >= 11 is 0. The minimum atomic E-state index is 0.229. The zero-order chi connectivity index (χ0) is 10.5. The normalized spacial score (nSPS) is 29.5. The van der Waals surface area contributed by atoms with Crippen LogP contribution in [-0.2, 0) is 14.3 Å². The minimum Gasteiger partial charge on any atom is -0.395 e. The van der Waals surface area contributed by atoms with E-state index in [4.69, 9.17) is 14.3 Å². The van der Waals surface area contributed by atoms with Crippen LogP contribution < -0.4 is 0 Å². The van der Waals surface area contributed by atoms with Gasteiger partial charge < -0.3 is 14.3 Å². The van der Waals surface area contributed by atoms with Crippen molar-refractivity contribution in [1.82, 2.24) is 0 Å². The second kappa shape index (κ2) is 5.47. The molecule has 0 radical (unpaired) electrons. The van der Waals surface area contributed by atoms with Gasteiger partial charge in [0.2, 0.25) is 0 Å². The molecule has 2 heterocycles. The highest BCUT2D eigenvalue weighted by molar-refractivity contribution is 5.89. The summed E-state index contributed by atoms with van der Waals surface area (Å²) in [6, 6.07) is 0. The lowest BCUT2D eigenvalue weighted by atomic mass is 9.95. The van der Waals surface area contributed by atoms with Crippen LogP contribution in [0.4, 0.5) is 0 Å². The second-order valence-electron chi connectivity index (χ2n) is 4.17. The highest BCUT2D eigenvalue weighted by atomic mass is 16.6. The van der Waals surface area contributed by atoms with Crippen molar-refractivity contribution < 1.29 is 14.3 Å². The summed E-state index contributed by atoms with van der Waals surface area (Å²) in [7, 11) is 0. The molecule has 0 amide bonds. The number of hydrogen-bond donors (Lipinski definition) is 0. The van der Waals surface area contributed by atoms with Gasteiger partial charge in [-0.3, -0.25) is 0 Å². The first-order valence-corrected chi connectivity index (χ1v) is 5.78. The maximum atomic E-state index is 5.64.